The molecule has 0 saturated heterocycles. The molecule has 1 aromatic heterocycles. The first-order valence-corrected chi connectivity index (χ1v) is 9.43. The standard InChI is InChI=1S/C19H23NS2/c1-5-16(22-17-9-7-6-8-13(17)2)19-14(3)21-18-12-20(4)11-10-15(18)19/h5-9H,10-12H2,1-4H3/b16-5-. The van der Waals surface area contributed by atoms with Gasteiger partial charge in [0.1, 0.15) is 0 Å². The molecule has 2 aromatic rings. The number of thiophene rings is 1. The lowest BCUT2D eigenvalue weighted by atomic mass is 10.0. The molecule has 116 valence electrons. The van der Waals surface area contributed by atoms with Crippen molar-refractivity contribution in [3.8, 4) is 0 Å². The van der Waals surface area contributed by atoms with Crippen LogP contribution >= 0.6 is 23.1 Å². The summed E-state index contributed by atoms with van der Waals surface area (Å²) in [5, 5.41) is 0. The molecule has 0 saturated carbocycles. The van der Waals surface area contributed by atoms with E-state index in [1.54, 1.807) is 10.4 Å². The molecule has 1 aromatic carbocycles. The van der Waals surface area contributed by atoms with E-state index >= 15 is 0 Å². The lowest BCUT2D eigenvalue weighted by Gasteiger charge is -2.23. The Morgan fingerprint density at radius 1 is 1.27 bits per heavy atom. The van der Waals surface area contributed by atoms with Gasteiger partial charge in [0.25, 0.3) is 0 Å². The van der Waals surface area contributed by atoms with Crippen LogP contribution < -0.4 is 0 Å². The fraction of sp³-hybridized carbons (Fsp3) is 0.368. The Morgan fingerprint density at radius 2 is 2.05 bits per heavy atom. The Labute approximate surface area is 142 Å². The van der Waals surface area contributed by atoms with E-state index in [0.29, 0.717) is 0 Å². The maximum absolute atomic E-state index is 2.42. The van der Waals surface area contributed by atoms with Crippen molar-refractivity contribution in [2.24, 2.45) is 0 Å². The molecule has 22 heavy (non-hydrogen) atoms. The first-order valence-electron chi connectivity index (χ1n) is 7.80. The molecule has 0 unspecified atom stereocenters. The van der Waals surface area contributed by atoms with Gasteiger partial charge in [-0.05, 0) is 51.4 Å². The van der Waals surface area contributed by atoms with E-state index in [4.69, 9.17) is 0 Å². The van der Waals surface area contributed by atoms with Gasteiger partial charge in [-0.2, -0.15) is 0 Å². The highest BCUT2D eigenvalue weighted by molar-refractivity contribution is 8.08. The number of likely N-dealkylation sites (N-methyl/N-ethyl adjacent to an activating group) is 1. The topological polar surface area (TPSA) is 3.24 Å². The van der Waals surface area contributed by atoms with Crippen LogP contribution in [0.1, 0.15) is 33.4 Å². The Kier molecular flexibility index (Phi) is 4.76. The van der Waals surface area contributed by atoms with Crippen LogP contribution in [-0.4, -0.2) is 18.5 Å². The molecule has 0 bridgehead atoms. The number of benzene rings is 1. The van der Waals surface area contributed by atoms with Gasteiger partial charge in [0.15, 0.2) is 0 Å². The Balaban J connectivity index is 1.97. The second kappa shape index (κ2) is 6.61. The largest absolute Gasteiger partial charge is 0.301 e. The van der Waals surface area contributed by atoms with Crippen LogP contribution in [0.25, 0.3) is 4.91 Å². The molecular weight excluding hydrogens is 306 g/mol. The lowest BCUT2D eigenvalue weighted by molar-refractivity contribution is 0.317. The predicted octanol–water partition coefficient (Wildman–Crippen LogP) is 5.51. The minimum Gasteiger partial charge on any atom is -0.301 e. The highest BCUT2D eigenvalue weighted by atomic mass is 32.2. The van der Waals surface area contributed by atoms with Gasteiger partial charge in [0.2, 0.25) is 0 Å². The number of nitrogens with zero attached hydrogens (tertiary/aromatic N) is 1. The van der Waals surface area contributed by atoms with Gasteiger partial charge in [-0.1, -0.05) is 36.0 Å². The van der Waals surface area contributed by atoms with Crippen molar-refractivity contribution in [3.05, 3.63) is 56.8 Å². The van der Waals surface area contributed by atoms with Crippen LogP contribution in [0.15, 0.2) is 35.2 Å². The smallest absolute Gasteiger partial charge is 0.0328 e. The molecule has 2 heterocycles. The Hall–Kier alpha value is -1.03. The van der Waals surface area contributed by atoms with E-state index in [1.807, 2.05) is 23.1 Å². The summed E-state index contributed by atoms with van der Waals surface area (Å²) in [6, 6.07) is 8.67. The third-order valence-electron chi connectivity index (χ3n) is 4.25. The van der Waals surface area contributed by atoms with Crippen molar-refractivity contribution >= 4 is 28.0 Å². The summed E-state index contributed by atoms with van der Waals surface area (Å²) >= 11 is 3.90. The van der Waals surface area contributed by atoms with Gasteiger partial charge in [-0.3, -0.25) is 0 Å². The lowest BCUT2D eigenvalue weighted by Crippen LogP contribution is -2.25. The highest BCUT2D eigenvalue weighted by Crippen LogP contribution is 2.43. The normalized spacial score (nSPS) is 15.9. The monoisotopic (exact) mass is 329 g/mol. The molecule has 0 amide bonds. The summed E-state index contributed by atoms with van der Waals surface area (Å²) in [5.74, 6) is 0. The van der Waals surface area contributed by atoms with E-state index in [-0.39, 0.29) is 0 Å². The van der Waals surface area contributed by atoms with Crippen molar-refractivity contribution in [1.29, 1.82) is 0 Å². The van der Waals surface area contributed by atoms with Crippen LogP contribution in [0, 0.1) is 13.8 Å². The van der Waals surface area contributed by atoms with Crippen molar-refractivity contribution in [2.75, 3.05) is 13.6 Å². The summed E-state index contributed by atoms with van der Waals surface area (Å²) < 4.78 is 0. The minimum absolute atomic E-state index is 1.10. The third kappa shape index (κ3) is 3.03. The minimum atomic E-state index is 1.10. The molecule has 0 aliphatic carbocycles. The fourth-order valence-corrected chi connectivity index (χ4v) is 5.52. The first-order chi connectivity index (χ1) is 10.6. The summed E-state index contributed by atoms with van der Waals surface area (Å²) in [6.07, 6.45) is 3.46. The van der Waals surface area contributed by atoms with E-state index in [1.165, 1.54) is 38.8 Å². The van der Waals surface area contributed by atoms with Gasteiger partial charge >= 0.3 is 0 Å². The van der Waals surface area contributed by atoms with E-state index in [9.17, 15) is 0 Å². The van der Waals surface area contributed by atoms with Gasteiger partial charge in [-0.25, -0.2) is 0 Å². The Bertz CT molecular complexity index is 712. The zero-order valence-corrected chi connectivity index (χ0v) is 15.4. The van der Waals surface area contributed by atoms with E-state index in [2.05, 4.69) is 63.1 Å². The second-order valence-electron chi connectivity index (χ2n) is 5.94. The summed E-state index contributed by atoms with van der Waals surface area (Å²) in [5.41, 5.74) is 4.45. The quantitative estimate of drug-likeness (QED) is 0.683. The maximum atomic E-state index is 2.42. The zero-order chi connectivity index (χ0) is 15.7. The molecule has 1 aliphatic heterocycles. The molecule has 1 nitrogen and oxygen atoms in total. The number of fused-ring (bicyclic) bond motifs is 1. The van der Waals surface area contributed by atoms with E-state index in [0.717, 1.165) is 6.54 Å². The number of thioether (sulfide) groups is 1. The number of hydrogen-bond acceptors (Lipinski definition) is 3. The second-order valence-corrected chi connectivity index (χ2v) is 8.34. The average molecular weight is 330 g/mol. The average Bonchev–Trinajstić information content (AvgIpc) is 2.81. The maximum Gasteiger partial charge on any atom is 0.0328 e. The van der Waals surface area contributed by atoms with Gasteiger partial charge in [0.05, 0.1) is 0 Å². The van der Waals surface area contributed by atoms with Crippen molar-refractivity contribution in [1.82, 2.24) is 4.90 Å². The molecule has 0 radical (unpaired) electrons. The number of hydrogen-bond donors (Lipinski definition) is 0. The van der Waals surface area contributed by atoms with Crippen LogP contribution in [-0.2, 0) is 13.0 Å². The molecule has 3 heteroatoms. The van der Waals surface area contributed by atoms with Crippen LogP contribution in [0.3, 0.4) is 0 Å². The van der Waals surface area contributed by atoms with Crippen molar-refractivity contribution in [2.45, 2.75) is 38.6 Å². The number of aryl methyl sites for hydroxylation is 2. The molecule has 0 fully saturated rings. The predicted molar refractivity (Wildman–Crippen MR) is 99.8 cm³/mol. The Morgan fingerprint density at radius 3 is 2.77 bits per heavy atom. The molecule has 0 spiro atoms. The summed E-state index contributed by atoms with van der Waals surface area (Å²) in [4.78, 5) is 8.23. The van der Waals surface area contributed by atoms with Gasteiger partial charge in [-0.15, -0.1) is 11.3 Å². The van der Waals surface area contributed by atoms with Crippen LogP contribution in [0.2, 0.25) is 0 Å². The van der Waals surface area contributed by atoms with Crippen LogP contribution in [0.4, 0.5) is 0 Å². The van der Waals surface area contributed by atoms with Crippen molar-refractivity contribution in [3.63, 3.8) is 0 Å². The molecule has 0 atom stereocenters. The fourth-order valence-electron chi connectivity index (χ4n) is 3.03. The summed E-state index contributed by atoms with van der Waals surface area (Å²) in [7, 11) is 2.22. The first kappa shape index (κ1) is 15.9. The van der Waals surface area contributed by atoms with Gasteiger partial charge < -0.3 is 4.90 Å². The van der Waals surface area contributed by atoms with Gasteiger partial charge in [0, 0.05) is 38.2 Å². The molecular formula is C19H23NS2. The molecule has 1 aliphatic rings. The molecule has 3 rings (SSSR count). The SMILES string of the molecule is C/C=C(\Sc1ccccc1C)c1c(C)sc2c1CCN(C)C2. The van der Waals surface area contributed by atoms with E-state index < -0.39 is 0 Å². The van der Waals surface area contributed by atoms with Crippen molar-refractivity contribution < 1.29 is 0 Å². The highest BCUT2D eigenvalue weighted by Gasteiger charge is 2.23. The zero-order valence-electron chi connectivity index (χ0n) is 13.8. The molecule has 0 N–H and O–H groups in total. The third-order valence-corrected chi connectivity index (χ3v) is 6.72. The summed E-state index contributed by atoms with van der Waals surface area (Å²) in [6.45, 7) is 8.91. The number of rotatable bonds is 3. The number of allylic oxidation sites excluding steroid dienone is 1. The van der Waals surface area contributed by atoms with Crippen LogP contribution in [0.5, 0.6) is 0 Å².